The van der Waals surface area contributed by atoms with Crippen molar-refractivity contribution in [2.45, 2.75) is 19.3 Å². The largest absolute Gasteiger partial charge is 0.508 e. The van der Waals surface area contributed by atoms with Gasteiger partial charge in [0.05, 0.1) is 5.69 Å². The summed E-state index contributed by atoms with van der Waals surface area (Å²) in [7, 11) is 3.75. The van der Waals surface area contributed by atoms with Gasteiger partial charge in [-0.3, -0.25) is 9.78 Å². The number of aryl methyl sites for hydroxylation is 1. The lowest BCUT2D eigenvalue weighted by Crippen LogP contribution is -2.15. The van der Waals surface area contributed by atoms with Crippen molar-refractivity contribution in [3.05, 3.63) is 100.0 Å². The molecule has 0 atom stereocenters. The number of phenolic OH excluding ortho intramolecular Hbond substituents is 1. The molecule has 3 aromatic carbocycles. The molecule has 0 saturated heterocycles. The highest BCUT2D eigenvalue weighted by Gasteiger charge is 2.04. The topological polar surface area (TPSA) is 90.0 Å². The van der Waals surface area contributed by atoms with Gasteiger partial charge in [-0.05, 0) is 61.0 Å². The Morgan fingerprint density at radius 2 is 1.56 bits per heavy atom. The van der Waals surface area contributed by atoms with Crippen LogP contribution in [-0.4, -0.2) is 35.7 Å². The molecule has 0 spiro atoms. The molecule has 4 N–H and O–H groups in total. The van der Waals surface area contributed by atoms with Crippen LogP contribution in [0.15, 0.2) is 77.6 Å². The Bertz CT molecular complexity index is 1230. The first-order chi connectivity index (χ1) is 16.6. The first kappa shape index (κ1) is 26.2. The number of phenols is 1. The summed E-state index contributed by atoms with van der Waals surface area (Å²) in [5, 5.41) is 17.7. The van der Waals surface area contributed by atoms with Crippen LogP contribution in [0.3, 0.4) is 0 Å². The van der Waals surface area contributed by atoms with Crippen LogP contribution in [-0.2, 0) is 12.8 Å². The molecule has 0 aliphatic rings. The molecule has 4 rings (SSSR count). The van der Waals surface area contributed by atoms with Crippen molar-refractivity contribution in [1.82, 2.24) is 15.3 Å². The number of aromatic nitrogens is 2. The number of hydrogen-bond donors (Lipinski definition) is 4. The Labute approximate surface area is 201 Å². The molecule has 0 aliphatic carbocycles. The fourth-order valence-corrected chi connectivity index (χ4v) is 3.40. The van der Waals surface area contributed by atoms with E-state index in [0.717, 1.165) is 29.7 Å². The monoisotopic (exact) mass is 456 g/mol. The summed E-state index contributed by atoms with van der Waals surface area (Å²) < 4.78 is 0. The smallest absolute Gasteiger partial charge is 0.252 e. The average molecular weight is 457 g/mol. The van der Waals surface area contributed by atoms with E-state index < -0.39 is 0 Å². The molecular weight excluding hydrogens is 424 g/mol. The molecule has 1 aromatic heterocycles. The maximum absolute atomic E-state index is 12.0. The van der Waals surface area contributed by atoms with Gasteiger partial charge in [0, 0.05) is 19.0 Å². The number of aromatic amines is 1. The fraction of sp³-hybridized carbons (Fsp3) is 0.214. The van der Waals surface area contributed by atoms with Gasteiger partial charge in [-0.25, -0.2) is 4.98 Å². The van der Waals surface area contributed by atoms with Crippen LogP contribution in [0.5, 0.6) is 5.75 Å². The third-order valence-electron chi connectivity index (χ3n) is 4.86. The molecule has 6 heteroatoms. The number of aromatic hydroxyl groups is 1. The van der Waals surface area contributed by atoms with Gasteiger partial charge < -0.3 is 15.7 Å². The van der Waals surface area contributed by atoms with E-state index in [4.69, 9.17) is 0 Å². The summed E-state index contributed by atoms with van der Waals surface area (Å²) in [5.41, 5.74) is 2.87. The lowest BCUT2D eigenvalue weighted by Gasteiger charge is -2.08. The van der Waals surface area contributed by atoms with Gasteiger partial charge in [-0.2, -0.15) is 0 Å². The van der Waals surface area contributed by atoms with Crippen LogP contribution < -0.4 is 16.2 Å². The molecule has 0 amide bonds. The maximum Gasteiger partial charge on any atom is 0.252 e. The van der Waals surface area contributed by atoms with Crippen molar-refractivity contribution in [1.29, 1.82) is 0 Å². The van der Waals surface area contributed by atoms with E-state index in [2.05, 4.69) is 63.8 Å². The molecule has 0 saturated carbocycles. The van der Waals surface area contributed by atoms with Crippen molar-refractivity contribution in [3.8, 4) is 18.6 Å². The van der Waals surface area contributed by atoms with E-state index in [9.17, 15) is 9.90 Å². The minimum Gasteiger partial charge on any atom is -0.508 e. The average Bonchev–Trinajstić information content (AvgIpc) is 2.84. The van der Waals surface area contributed by atoms with Gasteiger partial charge in [-0.15, -0.1) is 12.8 Å². The predicted octanol–water partition coefficient (Wildman–Crippen LogP) is 4.35. The number of nitrogens with zero attached hydrogens (tertiary/aromatic N) is 1. The number of nitrogens with one attached hydrogen (secondary N) is 3. The van der Waals surface area contributed by atoms with Crippen molar-refractivity contribution >= 4 is 16.7 Å². The summed E-state index contributed by atoms with van der Waals surface area (Å²) >= 11 is 0. The summed E-state index contributed by atoms with van der Waals surface area (Å²) in [6.45, 7) is 0.698. The first-order valence-electron chi connectivity index (χ1n) is 11.1. The summed E-state index contributed by atoms with van der Waals surface area (Å²) in [6.07, 6.45) is 10.4. The van der Waals surface area contributed by atoms with E-state index in [1.807, 2.05) is 38.4 Å². The first-order valence-corrected chi connectivity index (χ1v) is 11.1. The van der Waals surface area contributed by atoms with Crippen LogP contribution in [0.25, 0.3) is 10.8 Å². The number of anilines is 1. The van der Waals surface area contributed by atoms with Crippen molar-refractivity contribution in [2.24, 2.45) is 0 Å². The standard InChI is InChI=1S/C24H23N3O2.C2H7N.C2H2/c28-22-11-8-17(9-12-22)4-3-13-25-24-26-21(16-23(29)27-24)15-18-7-10-19-5-1-2-6-20(19)14-18;1-3-2;1-2/h1-2,5-12,14,16,28H,3-4,13,15H2,(H2,25,26,27,29);3H,1-2H3;1-2H. The molecule has 1 heterocycles. The van der Waals surface area contributed by atoms with Crippen LogP contribution in [0.2, 0.25) is 0 Å². The molecule has 176 valence electrons. The minimum atomic E-state index is -0.156. The van der Waals surface area contributed by atoms with Gasteiger partial charge in [0.25, 0.3) is 5.56 Å². The Morgan fingerprint density at radius 1 is 0.912 bits per heavy atom. The summed E-state index contributed by atoms with van der Waals surface area (Å²) in [5.74, 6) is 0.774. The number of H-pyrrole nitrogens is 1. The molecule has 0 aliphatic heterocycles. The van der Waals surface area contributed by atoms with Gasteiger partial charge in [0.1, 0.15) is 5.75 Å². The Morgan fingerprint density at radius 3 is 2.26 bits per heavy atom. The maximum atomic E-state index is 12.0. The lowest BCUT2D eigenvalue weighted by molar-refractivity contribution is 0.475. The van der Waals surface area contributed by atoms with Gasteiger partial charge in [-0.1, -0.05) is 54.6 Å². The quantitative estimate of drug-likeness (QED) is 0.245. The third kappa shape index (κ3) is 8.45. The SMILES string of the molecule is C#C.CNC.O=c1cc(Cc2ccc3ccccc3c2)nc(NCCCc2ccc(O)cc2)[nH]1. The normalized spacial score (nSPS) is 9.88. The molecule has 0 radical (unpaired) electrons. The van der Waals surface area contributed by atoms with Crippen molar-refractivity contribution in [3.63, 3.8) is 0 Å². The van der Waals surface area contributed by atoms with Gasteiger partial charge in [0.2, 0.25) is 5.95 Å². The number of benzene rings is 3. The highest BCUT2D eigenvalue weighted by molar-refractivity contribution is 5.83. The van der Waals surface area contributed by atoms with Gasteiger partial charge >= 0.3 is 0 Å². The second-order valence-electron chi connectivity index (χ2n) is 7.64. The summed E-state index contributed by atoms with van der Waals surface area (Å²) in [4.78, 5) is 19.4. The Balaban J connectivity index is 0.000000758. The number of fused-ring (bicyclic) bond motifs is 1. The molecule has 0 unspecified atom stereocenters. The molecule has 0 fully saturated rings. The highest BCUT2D eigenvalue weighted by atomic mass is 16.3. The molecular formula is C28H32N4O2. The zero-order chi connectivity index (χ0) is 24.8. The second-order valence-corrected chi connectivity index (χ2v) is 7.64. The second kappa shape index (κ2) is 14.1. The van der Waals surface area contributed by atoms with E-state index in [0.29, 0.717) is 18.9 Å². The van der Waals surface area contributed by atoms with E-state index >= 15 is 0 Å². The zero-order valence-electron chi connectivity index (χ0n) is 19.7. The summed E-state index contributed by atoms with van der Waals surface area (Å²) in [6, 6.07) is 23.3. The van der Waals surface area contributed by atoms with Crippen LogP contribution >= 0.6 is 0 Å². The van der Waals surface area contributed by atoms with Crippen molar-refractivity contribution in [2.75, 3.05) is 26.0 Å². The van der Waals surface area contributed by atoms with Gasteiger partial charge in [0.15, 0.2) is 0 Å². The lowest BCUT2D eigenvalue weighted by atomic mass is 10.0. The van der Waals surface area contributed by atoms with Crippen molar-refractivity contribution < 1.29 is 5.11 Å². The van der Waals surface area contributed by atoms with Crippen LogP contribution in [0.1, 0.15) is 23.2 Å². The predicted molar refractivity (Wildman–Crippen MR) is 141 cm³/mol. The van der Waals surface area contributed by atoms with E-state index in [1.54, 1.807) is 18.2 Å². The highest BCUT2D eigenvalue weighted by Crippen LogP contribution is 2.17. The molecule has 0 bridgehead atoms. The van der Waals surface area contributed by atoms with Crippen LogP contribution in [0.4, 0.5) is 5.95 Å². The molecule has 4 aromatic rings. The number of terminal acetylenes is 1. The number of hydrogen-bond acceptors (Lipinski definition) is 5. The minimum absolute atomic E-state index is 0.156. The van der Waals surface area contributed by atoms with Crippen LogP contribution in [0, 0.1) is 12.8 Å². The fourth-order valence-electron chi connectivity index (χ4n) is 3.40. The Kier molecular flexibility index (Phi) is 10.9. The van der Waals surface area contributed by atoms with E-state index in [-0.39, 0.29) is 11.3 Å². The number of rotatable bonds is 7. The zero-order valence-corrected chi connectivity index (χ0v) is 19.7. The molecule has 34 heavy (non-hydrogen) atoms. The van der Waals surface area contributed by atoms with E-state index in [1.165, 1.54) is 10.8 Å². The molecule has 6 nitrogen and oxygen atoms in total. The Hall–Kier alpha value is -4.08. The third-order valence-corrected chi connectivity index (χ3v) is 4.86.